The van der Waals surface area contributed by atoms with Crippen LogP contribution in [0.25, 0.3) is 0 Å². The van der Waals surface area contributed by atoms with Crippen molar-refractivity contribution in [2.75, 3.05) is 7.11 Å². The molecule has 3 heteroatoms. The fourth-order valence-corrected chi connectivity index (χ4v) is 1.26. The number of methoxy groups -OCH3 is 1. The maximum absolute atomic E-state index is 11.1. The van der Waals surface area contributed by atoms with Crippen LogP contribution < -0.4 is 0 Å². The summed E-state index contributed by atoms with van der Waals surface area (Å²) in [5, 5.41) is 0. The summed E-state index contributed by atoms with van der Waals surface area (Å²) in [5.41, 5.74) is 1.67. The first-order valence-corrected chi connectivity index (χ1v) is 4.39. The van der Waals surface area contributed by atoms with Gasteiger partial charge in [-0.05, 0) is 24.0 Å². The zero-order valence-corrected chi connectivity index (χ0v) is 8.26. The van der Waals surface area contributed by atoms with Crippen molar-refractivity contribution in [3.63, 3.8) is 0 Å². The van der Waals surface area contributed by atoms with Gasteiger partial charge in [-0.2, -0.15) is 0 Å². The van der Waals surface area contributed by atoms with E-state index < -0.39 is 0 Å². The minimum Gasteiger partial charge on any atom is -0.464 e. The lowest BCUT2D eigenvalue weighted by Gasteiger charge is -1.99. The van der Waals surface area contributed by atoms with Gasteiger partial charge in [0.05, 0.1) is 7.11 Å². The van der Waals surface area contributed by atoms with E-state index in [-0.39, 0.29) is 5.97 Å². The Labute approximate surface area is 78.1 Å². The molecule has 0 atom stereocenters. The Morgan fingerprint density at radius 3 is 2.85 bits per heavy atom. The molecule has 0 fully saturated rings. The monoisotopic (exact) mass is 181 g/mol. The quantitative estimate of drug-likeness (QED) is 0.725. The van der Waals surface area contributed by atoms with Crippen LogP contribution in [-0.2, 0) is 11.2 Å². The molecule has 1 aromatic rings. The number of hydrogen-bond donors (Lipinski definition) is 1. The number of rotatable bonds is 3. The molecule has 0 aliphatic carbocycles. The average Bonchev–Trinajstić information content (AvgIpc) is 2.50. The van der Waals surface area contributed by atoms with Crippen LogP contribution >= 0.6 is 0 Å². The molecule has 0 unspecified atom stereocenters. The van der Waals surface area contributed by atoms with Gasteiger partial charge in [-0.1, -0.05) is 13.8 Å². The summed E-state index contributed by atoms with van der Waals surface area (Å²) >= 11 is 0. The minimum absolute atomic E-state index is 0.310. The third-order valence-corrected chi connectivity index (χ3v) is 1.79. The topological polar surface area (TPSA) is 42.1 Å². The van der Waals surface area contributed by atoms with Crippen LogP contribution in [0, 0.1) is 5.92 Å². The molecule has 1 N–H and O–H groups in total. The van der Waals surface area contributed by atoms with Crippen LogP contribution in [0.4, 0.5) is 0 Å². The van der Waals surface area contributed by atoms with Crippen LogP contribution in [0.5, 0.6) is 0 Å². The highest BCUT2D eigenvalue weighted by Crippen LogP contribution is 2.10. The molecule has 0 aliphatic heterocycles. The molecule has 1 heterocycles. The standard InChI is InChI=1S/C10H15NO2/c1-7(2)4-8-5-9(11-6-8)10(12)13-3/h5-7,11H,4H2,1-3H3. The van der Waals surface area contributed by atoms with E-state index in [0.717, 1.165) is 12.0 Å². The van der Waals surface area contributed by atoms with Crippen LogP contribution in [0.15, 0.2) is 12.3 Å². The Kier molecular flexibility index (Phi) is 3.12. The highest BCUT2D eigenvalue weighted by Gasteiger charge is 2.08. The van der Waals surface area contributed by atoms with E-state index in [1.807, 2.05) is 12.3 Å². The highest BCUT2D eigenvalue weighted by molar-refractivity contribution is 5.87. The number of esters is 1. The minimum atomic E-state index is -0.310. The zero-order valence-electron chi connectivity index (χ0n) is 8.26. The molecule has 0 spiro atoms. The van der Waals surface area contributed by atoms with Gasteiger partial charge in [0, 0.05) is 6.20 Å². The Balaban J connectivity index is 2.69. The van der Waals surface area contributed by atoms with Crippen molar-refractivity contribution in [2.24, 2.45) is 5.92 Å². The summed E-state index contributed by atoms with van der Waals surface area (Å²) in [4.78, 5) is 13.9. The number of carbonyl (C=O) groups is 1. The number of aromatic amines is 1. The molecule has 1 aromatic heterocycles. The normalized spacial score (nSPS) is 10.5. The van der Waals surface area contributed by atoms with Gasteiger partial charge < -0.3 is 9.72 Å². The Hall–Kier alpha value is -1.25. The molecule has 1 rings (SSSR count). The Morgan fingerprint density at radius 1 is 1.62 bits per heavy atom. The van der Waals surface area contributed by atoms with Gasteiger partial charge in [-0.3, -0.25) is 0 Å². The van der Waals surface area contributed by atoms with Crippen molar-refractivity contribution in [1.29, 1.82) is 0 Å². The van der Waals surface area contributed by atoms with Crippen LogP contribution in [0.2, 0.25) is 0 Å². The number of aromatic nitrogens is 1. The molecular weight excluding hydrogens is 166 g/mol. The van der Waals surface area contributed by atoms with Gasteiger partial charge in [0.15, 0.2) is 0 Å². The fraction of sp³-hybridized carbons (Fsp3) is 0.500. The van der Waals surface area contributed by atoms with E-state index in [4.69, 9.17) is 0 Å². The first-order valence-electron chi connectivity index (χ1n) is 4.39. The second-order valence-electron chi connectivity index (χ2n) is 3.51. The second-order valence-corrected chi connectivity index (χ2v) is 3.51. The SMILES string of the molecule is COC(=O)c1cc(CC(C)C)c[nH]1. The van der Waals surface area contributed by atoms with E-state index in [1.54, 1.807) is 0 Å². The number of H-pyrrole nitrogens is 1. The number of ether oxygens (including phenoxy) is 1. The molecule has 3 nitrogen and oxygen atoms in total. The zero-order chi connectivity index (χ0) is 9.84. The van der Waals surface area contributed by atoms with Crippen LogP contribution in [0.1, 0.15) is 29.9 Å². The Bertz CT molecular complexity index is 289. The van der Waals surface area contributed by atoms with E-state index in [9.17, 15) is 4.79 Å². The van der Waals surface area contributed by atoms with Crippen LogP contribution in [0.3, 0.4) is 0 Å². The summed E-state index contributed by atoms with van der Waals surface area (Å²) in [5.74, 6) is 0.288. The van der Waals surface area contributed by atoms with Crippen LogP contribution in [-0.4, -0.2) is 18.1 Å². The lowest BCUT2D eigenvalue weighted by molar-refractivity contribution is 0.0595. The lowest BCUT2D eigenvalue weighted by atomic mass is 10.1. The van der Waals surface area contributed by atoms with Crippen molar-refractivity contribution >= 4 is 5.97 Å². The van der Waals surface area contributed by atoms with Crippen molar-refractivity contribution < 1.29 is 9.53 Å². The predicted octanol–water partition coefficient (Wildman–Crippen LogP) is 2.00. The average molecular weight is 181 g/mol. The molecule has 0 radical (unpaired) electrons. The second kappa shape index (κ2) is 4.12. The molecule has 0 saturated heterocycles. The lowest BCUT2D eigenvalue weighted by Crippen LogP contribution is -2.00. The number of nitrogens with one attached hydrogen (secondary N) is 1. The smallest absolute Gasteiger partial charge is 0.354 e. The first-order chi connectivity index (χ1) is 6.13. The summed E-state index contributed by atoms with van der Waals surface area (Å²) in [6, 6.07) is 1.84. The summed E-state index contributed by atoms with van der Waals surface area (Å²) in [6.45, 7) is 4.29. The summed E-state index contributed by atoms with van der Waals surface area (Å²) in [7, 11) is 1.38. The van der Waals surface area contributed by atoms with Gasteiger partial charge >= 0.3 is 5.97 Å². The van der Waals surface area contributed by atoms with E-state index in [0.29, 0.717) is 11.6 Å². The molecule has 0 aliphatic rings. The maximum atomic E-state index is 11.1. The van der Waals surface area contributed by atoms with Crippen molar-refractivity contribution in [1.82, 2.24) is 4.98 Å². The fourth-order valence-electron chi connectivity index (χ4n) is 1.26. The van der Waals surface area contributed by atoms with Gasteiger partial charge in [0.25, 0.3) is 0 Å². The largest absolute Gasteiger partial charge is 0.464 e. The third kappa shape index (κ3) is 2.61. The summed E-state index contributed by atoms with van der Waals surface area (Å²) in [6.07, 6.45) is 2.83. The van der Waals surface area contributed by atoms with Crippen molar-refractivity contribution in [3.8, 4) is 0 Å². The predicted molar refractivity (Wildman–Crippen MR) is 50.7 cm³/mol. The van der Waals surface area contributed by atoms with E-state index in [1.165, 1.54) is 7.11 Å². The van der Waals surface area contributed by atoms with E-state index >= 15 is 0 Å². The van der Waals surface area contributed by atoms with Gasteiger partial charge in [0.2, 0.25) is 0 Å². The highest BCUT2D eigenvalue weighted by atomic mass is 16.5. The van der Waals surface area contributed by atoms with Crippen molar-refractivity contribution in [2.45, 2.75) is 20.3 Å². The van der Waals surface area contributed by atoms with E-state index in [2.05, 4.69) is 23.6 Å². The maximum Gasteiger partial charge on any atom is 0.354 e. The van der Waals surface area contributed by atoms with Crippen molar-refractivity contribution in [3.05, 3.63) is 23.5 Å². The van der Waals surface area contributed by atoms with Gasteiger partial charge in [-0.25, -0.2) is 4.79 Å². The molecule has 0 bridgehead atoms. The molecular formula is C10H15NO2. The molecule has 72 valence electrons. The number of carbonyl (C=O) groups excluding carboxylic acids is 1. The number of hydrogen-bond acceptors (Lipinski definition) is 2. The molecule has 0 saturated carbocycles. The molecule has 0 amide bonds. The third-order valence-electron chi connectivity index (χ3n) is 1.79. The summed E-state index contributed by atoms with van der Waals surface area (Å²) < 4.78 is 4.58. The first kappa shape index (κ1) is 9.84. The molecule has 13 heavy (non-hydrogen) atoms. The van der Waals surface area contributed by atoms with Gasteiger partial charge in [-0.15, -0.1) is 0 Å². The molecule has 0 aromatic carbocycles. The Morgan fingerprint density at radius 2 is 2.31 bits per heavy atom. The van der Waals surface area contributed by atoms with Gasteiger partial charge in [0.1, 0.15) is 5.69 Å².